The fraction of sp³-hybridized carbons (Fsp3) is 0.0909. The molecule has 0 atom stereocenters. The molecule has 0 aliphatic heterocycles. The van der Waals surface area contributed by atoms with Crippen LogP contribution in [0, 0.1) is 18.3 Å². The maximum atomic E-state index is 12.6. The second-order valence-corrected chi connectivity index (χ2v) is 7.84. The Morgan fingerprint density at radius 3 is 2.48 bits per heavy atom. The van der Waals surface area contributed by atoms with Crippen LogP contribution in [-0.2, 0) is 16.7 Å². The third-order valence-electron chi connectivity index (χ3n) is 4.17. The molecule has 0 fully saturated rings. The molecule has 0 heterocycles. The van der Waals surface area contributed by atoms with Crippen molar-refractivity contribution in [3.05, 3.63) is 95.1 Å². The van der Waals surface area contributed by atoms with Crippen LogP contribution in [0.3, 0.4) is 0 Å². The number of amides is 1. The number of nitrogens with zero attached hydrogens (tertiary/aromatic N) is 1. The third-order valence-corrected chi connectivity index (χ3v) is 5.58. The topological polar surface area (TPSA) is 96.3 Å². The van der Waals surface area contributed by atoms with Crippen molar-refractivity contribution in [2.45, 2.75) is 18.4 Å². The molecule has 0 spiro atoms. The number of rotatable bonds is 6. The number of carbonyl (C=O) groups is 1. The summed E-state index contributed by atoms with van der Waals surface area (Å²) in [5.74, 6) is -0.313. The van der Waals surface area contributed by atoms with Crippen LogP contribution in [0.15, 0.2) is 77.7 Å². The lowest BCUT2D eigenvalue weighted by molar-refractivity contribution is 0.0950. The molecule has 29 heavy (non-hydrogen) atoms. The molecule has 0 unspecified atom stereocenters. The molecule has 3 rings (SSSR count). The molecular formula is C22H18N2O4S. The smallest absolute Gasteiger partial charge is 0.339 e. The molecule has 146 valence electrons. The number of carbonyl (C=O) groups excluding carboxylic acids is 1. The molecule has 0 aliphatic carbocycles. The SMILES string of the molecule is Cc1cc(C#N)ccc1S(=O)(=O)Oc1cccc(C(=O)NCc2ccccc2)c1. The van der Waals surface area contributed by atoms with Crippen molar-refractivity contribution in [1.29, 1.82) is 5.26 Å². The van der Waals surface area contributed by atoms with Crippen LogP contribution in [0.2, 0.25) is 0 Å². The van der Waals surface area contributed by atoms with Gasteiger partial charge in [-0.15, -0.1) is 0 Å². The average Bonchev–Trinajstić information content (AvgIpc) is 2.72. The van der Waals surface area contributed by atoms with E-state index in [1.165, 1.54) is 30.3 Å². The Balaban J connectivity index is 1.75. The molecule has 0 saturated carbocycles. The van der Waals surface area contributed by atoms with Gasteiger partial charge in [-0.05, 0) is 54.4 Å². The first-order valence-electron chi connectivity index (χ1n) is 8.76. The molecule has 0 bridgehead atoms. The van der Waals surface area contributed by atoms with Crippen LogP contribution in [0.4, 0.5) is 0 Å². The Labute approximate surface area is 169 Å². The predicted octanol–water partition coefficient (Wildman–Crippen LogP) is 3.56. The molecule has 0 saturated heterocycles. The zero-order valence-electron chi connectivity index (χ0n) is 15.6. The molecule has 1 N–H and O–H groups in total. The highest BCUT2D eigenvalue weighted by Gasteiger charge is 2.20. The number of aryl methyl sites for hydroxylation is 1. The highest BCUT2D eigenvalue weighted by Crippen LogP contribution is 2.23. The van der Waals surface area contributed by atoms with Crippen molar-refractivity contribution in [1.82, 2.24) is 5.32 Å². The minimum atomic E-state index is -4.11. The number of hydrogen-bond acceptors (Lipinski definition) is 5. The van der Waals surface area contributed by atoms with Crippen LogP contribution < -0.4 is 9.50 Å². The van der Waals surface area contributed by atoms with E-state index in [1.807, 2.05) is 36.4 Å². The van der Waals surface area contributed by atoms with Crippen molar-refractivity contribution in [3.63, 3.8) is 0 Å². The van der Waals surface area contributed by atoms with Gasteiger partial charge in [-0.25, -0.2) is 0 Å². The summed E-state index contributed by atoms with van der Waals surface area (Å²) in [5, 5.41) is 11.7. The lowest BCUT2D eigenvalue weighted by Crippen LogP contribution is -2.22. The first-order valence-corrected chi connectivity index (χ1v) is 10.2. The van der Waals surface area contributed by atoms with E-state index in [-0.39, 0.29) is 22.1 Å². The van der Waals surface area contributed by atoms with Crippen molar-refractivity contribution in [3.8, 4) is 11.8 Å². The van der Waals surface area contributed by atoms with E-state index >= 15 is 0 Å². The normalized spacial score (nSPS) is 10.8. The standard InChI is InChI=1S/C22H18N2O4S/c1-16-12-18(14-23)10-11-21(16)29(26,27)28-20-9-5-8-19(13-20)22(25)24-15-17-6-3-2-4-7-17/h2-13H,15H2,1H3,(H,24,25). The number of nitrogens with one attached hydrogen (secondary N) is 1. The molecule has 1 amide bonds. The zero-order chi connectivity index (χ0) is 20.9. The van der Waals surface area contributed by atoms with Gasteiger partial charge in [-0.1, -0.05) is 36.4 Å². The van der Waals surface area contributed by atoms with E-state index in [2.05, 4.69) is 5.32 Å². The van der Waals surface area contributed by atoms with Crippen molar-refractivity contribution >= 4 is 16.0 Å². The summed E-state index contributed by atoms with van der Waals surface area (Å²) in [6.45, 7) is 1.94. The Hall–Kier alpha value is -3.63. The zero-order valence-corrected chi connectivity index (χ0v) is 16.4. The van der Waals surface area contributed by atoms with Gasteiger partial charge in [0.1, 0.15) is 10.6 Å². The van der Waals surface area contributed by atoms with E-state index in [9.17, 15) is 13.2 Å². The molecule has 7 heteroatoms. The molecule has 6 nitrogen and oxygen atoms in total. The summed E-state index contributed by atoms with van der Waals surface area (Å²) in [4.78, 5) is 12.4. The van der Waals surface area contributed by atoms with Gasteiger partial charge in [0, 0.05) is 12.1 Å². The lowest BCUT2D eigenvalue weighted by Gasteiger charge is -2.11. The monoisotopic (exact) mass is 406 g/mol. The van der Waals surface area contributed by atoms with E-state index < -0.39 is 10.1 Å². The van der Waals surface area contributed by atoms with Crippen LogP contribution >= 0.6 is 0 Å². The predicted molar refractivity (Wildman–Crippen MR) is 108 cm³/mol. The first kappa shape index (κ1) is 20.1. The molecule has 3 aromatic carbocycles. The molecular weight excluding hydrogens is 388 g/mol. The van der Waals surface area contributed by atoms with Crippen LogP contribution in [0.25, 0.3) is 0 Å². The second kappa shape index (κ2) is 8.59. The number of benzene rings is 3. The van der Waals surface area contributed by atoms with E-state index in [1.54, 1.807) is 19.1 Å². The molecule has 0 aliphatic rings. The fourth-order valence-electron chi connectivity index (χ4n) is 2.74. The highest BCUT2D eigenvalue weighted by molar-refractivity contribution is 7.87. The average molecular weight is 406 g/mol. The Morgan fingerprint density at radius 1 is 1.03 bits per heavy atom. The highest BCUT2D eigenvalue weighted by atomic mass is 32.2. The molecule has 3 aromatic rings. The summed E-state index contributed by atoms with van der Waals surface area (Å²) in [5.41, 5.74) is 2.00. The summed E-state index contributed by atoms with van der Waals surface area (Å²) in [6, 6.07) is 21.6. The second-order valence-electron chi connectivity index (χ2n) is 6.33. The minimum Gasteiger partial charge on any atom is -0.379 e. The van der Waals surface area contributed by atoms with Crippen LogP contribution in [0.5, 0.6) is 5.75 Å². The van der Waals surface area contributed by atoms with Gasteiger partial charge in [-0.2, -0.15) is 13.7 Å². The Morgan fingerprint density at radius 2 is 1.79 bits per heavy atom. The van der Waals surface area contributed by atoms with Crippen molar-refractivity contribution in [2.75, 3.05) is 0 Å². The quantitative estimate of drug-likeness (QED) is 0.632. The van der Waals surface area contributed by atoms with Gasteiger partial charge in [-0.3, -0.25) is 4.79 Å². The lowest BCUT2D eigenvalue weighted by atomic mass is 10.2. The first-order chi connectivity index (χ1) is 13.9. The number of hydrogen-bond donors (Lipinski definition) is 1. The fourth-order valence-corrected chi connectivity index (χ4v) is 3.88. The van der Waals surface area contributed by atoms with E-state index in [4.69, 9.17) is 9.44 Å². The van der Waals surface area contributed by atoms with Gasteiger partial charge in [0.15, 0.2) is 0 Å². The van der Waals surface area contributed by atoms with Gasteiger partial charge >= 0.3 is 10.1 Å². The third kappa shape index (κ3) is 5.00. The summed E-state index contributed by atoms with van der Waals surface area (Å²) < 4.78 is 30.4. The maximum absolute atomic E-state index is 12.6. The van der Waals surface area contributed by atoms with Gasteiger partial charge in [0.25, 0.3) is 5.91 Å². The minimum absolute atomic E-state index is 0.0288. The van der Waals surface area contributed by atoms with Crippen LogP contribution in [-0.4, -0.2) is 14.3 Å². The summed E-state index contributed by atoms with van der Waals surface area (Å²) >= 11 is 0. The summed E-state index contributed by atoms with van der Waals surface area (Å²) in [6.07, 6.45) is 0. The van der Waals surface area contributed by atoms with Crippen molar-refractivity contribution < 1.29 is 17.4 Å². The van der Waals surface area contributed by atoms with Gasteiger partial charge in [0.05, 0.1) is 11.6 Å². The van der Waals surface area contributed by atoms with Gasteiger partial charge in [0.2, 0.25) is 0 Å². The van der Waals surface area contributed by atoms with Crippen molar-refractivity contribution in [2.24, 2.45) is 0 Å². The van der Waals surface area contributed by atoms with E-state index in [0.29, 0.717) is 17.7 Å². The largest absolute Gasteiger partial charge is 0.379 e. The summed E-state index contributed by atoms with van der Waals surface area (Å²) in [7, 11) is -4.11. The van der Waals surface area contributed by atoms with E-state index in [0.717, 1.165) is 5.56 Å². The number of nitriles is 1. The Bertz CT molecular complexity index is 1180. The maximum Gasteiger partial charge on any atom is 0.339 e. The Kier molecular flexibility index (Phi) is 5.96. The van der Waals surface area contributed by atoms with Gasteiger partial charge < -0.3 is 9.50 Å². The molecule has 0 aromatic heterocycles. The van der Waals surface area contributed by atoms with Crippen LogP contribution in [0.1, 0.15) is 27.0 Å². The molecule has 0 radical (unpaired) electrons.